The first kappa shape index (κ1) is 17.5. The molecule has 0 saturated heterocycles. The highest BCUT2D eigenvalue weighted by Crippen LogP contribution is 2.48. The van der Waals surface area contributed by atoms with E-state index in [1.807, 2.05) is 0 Å². The minimum atomic E-state index is -4.51. The minimum absolute atomic E-state index is 0.0769. The average Bonchev–Trinajstić information content (AvgIpc) is 2.41. The van der Waals surface area contributed by atoms with E-state index in [0.29, 0.717) is 5.03 Å². The molecule has 1 aliphatic rings. The lowest BCUT2D eigenvalue weighted by Gasteiger charge is -2.28. The molecule has 0 aromatic heterocycles. The lowest BCUT2D eigenvalue weighted by molar-refractivity contribution is -0.137. The van der Waals surface area contributed by atoms with Crippen LogP contribution >= 0.6 is 34.8 Å². The first-order chi connectivity index (χ1) is 10.1. The molecule has 1 unspecified atom stereocenters. The van der Waals surface area contributed by atoms with Crippen molar-refractivity contribution in [3.05, 3.63) is 50.5 Å². The van der Waals surface area contributed by atoms with Gasteiger partial charge in [0.1, 0.15) is 0 Å². The van der Waals surface area contributed by atoms with E-state index in [4.69, 9.17) is 34.8 Å². The van der Waals surface area contributed by atoms with Gasteiger partial charge in [-0.15, -0.1) is 0 Å². The molecular formula is C15H13Cl3F3N. The lowest BCUT2D eigenvalue weighted by Crippen LogP contribution is -2.20. The van der Waals surface area contributed by atoms with E-state index in [0.717, 1.165) is 0 Å². The van der Waals surface area contributed by atoms with Crippen LogP contribution in [0.5, 0.6) is 0 Å². The number of allylic oxidation sites excluding steroid dienone is 4. The Kier molecular flexibility index (Phi) is 5.05. The maximum absolute atomic E-state index is 13.6. The van der Waals surface area contributed by atoms with Crippen LogP contribution in [-0.2, 0) is 6.18 Å². The molecule has 1 atom stereocenters. The summed E-state index contributed by atoms with van der Waals surface area (Å²) in [5.74, 6) is -0.705. The Balaban J connectivity index is 2.67. The first-order valence-corrected chi connectivity index (χ1v) is 7.55. The van der Waals surface area contributed by atoms with Crippen molar-refractivity contribution < 1.29 is 13.2 Å². The predicted octanol–water partition coefficient (Wildman–Crippen LogP) is 6.07. The number of benzene rings is 1. The Morgan fingerprint density at radius 3 is 2.32 bits per heavy atom. The molecule has 0 heterocycles. The van der Waals surface area contributed by atoms with Crippen LogP contribution in [0.15, 0.2) is 39.4 Å². The van der Waals surface area contributed by atoms with E-state index in [1.54, 1.807) is 20.2 Å². The molecule has 1 nitrogen and oxygen atoms in total. The Bertz CT molecular complexity index is 648. The number of rotatable bonds is 2. The second-order valence-corrected chi connectivity index (χ2v) is 6.48. The van der Waals surface area contributed by atoms with Gasteiger partial charge in [0.15, 0.2) is 0 Å². The molecule has 1 aliphatic carbocycles. The van der Waals surface area contributed by atoms with E-state index in [1.165, 1.54) is 23.1 Å². The second-order valence-electron chi connectivity index (χ2n) is 5.18. The van der Waals surface area contributed by atoms with E-state index in [2.05, 4.69) is 0 Å². The van der Waals surface area contributed by atoms with Gasteiger partial charge in [0.2, 0.25) is 0 Å². The Hall–Kier alpha value is -0.840. The normalized spacial score (nSPS) is 19.3. The fraction of sp³-hybridized carbons (Fsp3) is 0.333. The van der Waals surface area contributed by atoms with Crippen molar-refractivity contribution in [1.29, 1.82) is 0 Å². The van der Waals surface area contributed by atoms with Crippen molar-refractivity contribution in [3.8, 4) is 0 Å². The fourth-order valence-electron chi connectivity index (χ4n) is 2.49. The Morgan fingerprint density at radius 2 is 1.77 bits per heavy atom. The molecule has 1 aromatic carbocycles. The van der Waals surface area contributed by atoms with Gasteiger partial charge < -0.3 is 4.90 Å². The van der Waals surface area contributed by atoms with Crippen LogP contribution in [0.1, 0.15) is 23.5 Å². The van der Waals surface area contributed by atoms with Crippen LogP contribution in [0.25, 0.3) is 0 Å². The maximum atomic E-state index is 13.6. The van der Waals surface area contributed by atoms with Gasteiger partial charge in [-0.3, -0.25) is 0 Å². The summed E-state index contributed by atoms with van der Waals surface area (Å²) in [7, 11) is 3.12. The summed E-state index contributed by atoms with van der Waals surface area (Å²) >= 11 is 18.1. The summed E-state index contributed by atoms with van der Waals surface area (Å²) < 4.78 is 40.7. The van der Waals surface area contributed by atoms with Crippen molar-refractivity contribution in [3.63, 3.8) is 0 Å². The summed E-state index contributed by atoms with van der Waals surface area (Å²) in [6.07, 6.45) is -2.85. The second kappa shape index (κ2) is 6.34. The first-order valence-electron chi connectivity index (χ1n) is 6.41. The van der Waals surface area contributed by atoms with Gasteiger partial charge in [-0.25, -0.2) is 0 Å². The summed E-state index contributed by atoms with van der Waals surface area (Å²) in [6, 6.07) is 4.42. The van der Waals surface area contributed by atoms with Gasteiger partial charge >= 0.3 is 6.18 Å². The SMILES string of the molecule is CN(C)c1cccc(C2CC(Cl)=CC(Cl)=C2Cl)c1C(F)(F)F. The highest BCUT2D eigenvalue weighted by atomic mass is 35.5. The van der Waals surface area contributed by atoms with Crippen LogP contribution in [-0.4, -0.2) is 14.1 Å². The quantitative estimate of drug-likeness (QED) is 0.610. The summed E-state index contributed by atoms with van der Waals surface area (Å²) in [6.45, 7) is 0. The molecule has 120 valence electrons. The molecular weight excluding hydrogens is 358 g/mol. The minimum Gasteiger partial charge on any atom is -0.377 e. The summed E-state index contributed by atoms with van der Waals surface area (Å²) in [5.41, 5.74) is -0.552. The van der Waals surface area contributed by atoms with Gasteiger partial charge in [0, 0.05) is 35.8 Å². The third-order valence-electron chi connectivity index (χ3n) is 3.43. The highest BCUT2D eigenvalue weighted by molar-refractivity contribution is 6.42. The van der Waals surface area contributed by atoms with Crippen molar-refractivity contribution in [1.82, 2.24) is 0 Å². The average molecular weight is 371 g/mol. The van der Waals surface area contributed by atoms with Crippen LogP contribution in [0.2, 0.25) is 0 Å². The van der Waals surface area contributed by atoms with Crippen molar-refractivity contribution in [2.24, 2.45) is 0 Å². The molecule has 0 aliphatic heterocycles. The lowest BCUT2D eigenvalue weighted by atomic mass is 9.87. The van der Waals surface area contributed by atoms with Crippen LogP contribution in [0, 0.1) is 0 Å². The number of nitrogens with zero attached hydrogens (tertiary/aromatic N) is 1. The van der Waals surface area contributed by atoms with E-state index >= 15 is 0 Å². The number of hydrogen-bond acceptors (Lipinski definition) is 1. The highest BCUT2D eigenvalue weighted by Gasteiger charge is 2.39. The zero-order valence-electron chi connectivity index (χ0n) is 11.8. The summed E-state index contributed by atoms with van der Waals surface area (Å²) in [5, 5.41) is 0.724. The van der Waals surface area contributed by atoms with E-state index in [-0.39, 0.29) is 27.7 Å². The van der Waals surface area contributed by atoms with E-state index < -0.39 is 17.7 Å². The Labute approximate surface area is 141 Å². The Morgan fingerprint density at radius 1 is 1.14 bits per heavy atom. The number of halogens is 6. The van der Waals surface area contributed by atoms with E-state index in [9.17, 15) is 13.2 Å². The summed E-state index contributed by atoms with van der Waals surface area (Å²) in [4.78, 5) is 1.42. The molecule has 1 aromatic rings. The van der Waals surface area contributed by atoms with Crippen molar-refractivity contribution in [2.75, 3.05) is 19.0 Å². The van der Waals surface area contributed by atoms with Crippen LogP contribution < -0.4 is 4.90 Å². The smallest absolute Gasteiger partial charge is 0.377 e. The molecule has 22 heavy (non-hydrogen) atoms. The molecule has 0 amide bonds. The largest absolute Gasteiger partial charge is 0.418 e. The van der Waals surface area contributed by atoms with Crippen LogP contribution in [0.4, 0.5) is 18.9 Å². The monoisotopic (exact) mass is 369 g/mol. The zero-order valence-corrected chi connectivity index (χ0v) is 14.1. The fourth-order valence-corrected chi connectivity index (χ4v) is 3.32. The van der Waals surface area contributed by atoms with Gasteiger partial charge in [0.05, 0.1) is 10.6 Å². The predicted molar refractivity (Wildman–Crippen MR) is 85.8 cm³/mol. The number of alkyl halides is 3. The molecule has 0 radical (unpaired) electrons. The zero-order chi connectivity index (χ0) is 16.7. The van der Waals surface area contributed by atoms with Crippen LogP contribution in [0.3, 0.4) is 0 Å². The standard InChI is InChI=1S/C15H13Cl3F3N/c1-22(2)12-5-3-4-9(13(12)15(19,20)21)10-6-8(16)7-11(17)14(10)18/h3-5,7,10H,6H2,1-2H3. The number of hydrogen-bond donors (Lipinski definition) is 0. The van der Waals surface area contributed by atoms with Gasteiger partial charge in [0.25, 0.3) is 0 Å². The van der Waals surface area contributed by atoms with Crippen molar-refractivity contribution in [2.45, 2.75) is 18.5 Å². The van der Waals surface area contributed by atoms with Gasteiger partial charge in [-0.1, -0.05) is 46.9 Å². The van der Waals surface area contributed by atoms with Crippen molar-refractivity contribution >= 4 is 40.5 Å². The topological polar surface area (TPSA) is 3.24 Å². The van der Waals surface area contributed by atoms with Gasteiger partial charge in [-0.2, -0.15) is 13.2 Å². The van der Waals surface area contributed by atoms with Gasteiger partial charge in [-0.05, 0) is 24.1 Å². The molecule has 0 spiro atoms. The molecule has 0 bridgehead atoms. The molecule has 0 N–H and O–H groups in total. The maximum Gasteiger partial charge on any atom is 0.418 e. The molecule has 7 heteroatoms. The molecule has 0 saturated carbocycles. The molecule has 2 rings (SSSR count). The molecule has 0 fully saturated rings. The third kappa shape index (κ3) is 3.39. The number of anilines is 1. The third-order valence-corrected chi connectivity index (χ3v) is 4.57.